The number of carbonyl (C=O) groups excluding carboxylic acids is 1. The van der Waals surface area contributed by atoms with Crippen LogP contribution in [0, 0.1) is 0 Å². The summed E-state index contributed by atoms with van der Waals surface area (Å²) < 4.78 is 5.65. The highest BCUT2D eigenvalue weighted by Gasteiger charge is 2.13. The summed E-state index contributed by atoms with van der Waals surface area (Å²) in [5.41, 5.74) is 3.30. The molecule has 0 unspecified atom stereocenters. The van der Waals surface area contributed by atoms with E-state index in [2.05, 4.69) is 10.3 Å². The molecule has 0 saturated heterocycles. The highest BCUT2D eigenvalue weighted by molar-refractivity contribution is 5.94. The van der Waals surface area contributed by atoms with E-state index in [1.54, 1.807) is 24.3 Å². The van der Waals surface area contributed by atoms with E-state index in [0.29, 0.717) is 12.1 Å². The first kappa shape index (κ1) is 19.4. The Kier molecular flexibility index (Phi) is 6.27. The van der Waals surface area contributed by atoms with Crippen molar-refractivity contribution in [2.75, 3.05) is 12.4 Å². The van der Waals surface area contributed by atoms with Gasteiger partial charge >= 0.3 is 0 Å². The molecule has 0 aliphatic heterocycles. The van der Waals surface area contributed by atoms with Gasteiger partial charge in [-0.25, -0.2) is 0 Å². The minimum atomic E-state index is -0.0688. The predicted octanol–water partition coefficient (Wildman–Crippen LogP) is 4.88. The molecule has 0 aliphatic rings. The van der Waals surface area contributed by atoms with Crippen LogP contribution in [0.3, 0.4) is 0 Å². The number of nitrogens with one attached hydrogen (secondary N) is 1. The maximum absolute atomic E-state index is 12.7. The lowest BCUT2D eigenvalue weighted by Gasteiger charge is -2.17. The Bertz CT molecular complexity index is 909. The molecule has 0 radical (unpaired) electrons. The molecule has 5 nitrogen and oxygen atoms in total. The average Bonchev–Trinajstić information content (AvgIpc) is 2.69. The van der Waals surface area contributed by atoms with Crippen molar-refractivity contribution in [2.45, 2.75) is 26.5 Å². The highest BCUT2D eigenvalue weighted by Crippen LogP contribution is 2.21. The first-order chi connectivity index (χ1) is 13.5. The molecule has 1 aromatic heterocycles. The topological polar surface area (TPSA) is 54.5 Å². The van der Waals surface area contributed by atoms with Crippen molar-refractivity contribution < 1.29 is 9.53 Å². The van der Waals surface area contributed by atoms with E-state index in [1.807, 2.05) is 74.5 Å². The maximum atomic E-state index is 12.7. The summed E-state index contributed by atoms with van der Waals surface area (Å²) >= 11 is 0. The van der Waals surface area contributed by atoms with Crippen molar-refractivity contribution in [1.82, 2.24) is 9.88 Å². The maximum Gasteiger partial charge on any atom is 0.255 e. The Morgan fingerprint density at radius 3 is 2.43 bits per heavy atom. The average molecular weight is 375 g/mol. The molecule has 0 fully saturated rings. The molecule has 3 aromatic rings. The molecule has 3 rings (SSSR count). The Morgan fingerprint density at radius 2 is 1.75 bits per heavy atom. The SMILES string of the molecule is CC(C)Oc1ccc(Nc2cncc(C(=O)N(C)Cc3ccccc3)c2)cc1. The zero-order chi connectivity index (χ0) is 19.9. The third-order valence-electron chi connectivity index (χ3n) is 4.11. The van der Waals surface area contributed by atoms with Gasteiger partial charge in [-0.3, -0.25) is 9.78 Å². The fourth-order valence-electron chi connectivity index (χ4n) is 2.83. The summed E-state index contributed by atoms with van der Waals surface area (Å²) in [6.45, 7) is 4.54. The van der Waals surface area contributed by atoms with Crippen LogP contribution >= 0.6 is 0 Å². The van der Waals surface area contributed by atoms with Gasteiger partial charge in [0.1, 0.15) is 5.75 Å². The van der Waals surface area contributed by atoms with Crippen LogP contribution in [-0.4, -0.2) is 28.9 Å². The van der Waals surface area contributed by atoms with E-state index in [4.69, 9.17) is 4.74 Å². The van der Waals surface area contributed by atoms with Crippen molar-refractivity contribution in [3.05, 3.63) is 84.2 Å². The predicted molar refractivity (Wildman–Crippen MR) is 112 cm³/mol. The second-order valence-electron chi connectivity index (χ2n) is 6.93. The van der Waals surface area contributed by atoms with E-state index in [0.717, 1.165) is 22.7 Å². The van der Waals surface area contributed by atoms with Crippen molar-refractivity contribution in [2.24, 2.45) is 0 Å². The number of benzene rings is 2. The second kappa shape index (κ2) is 9.04. The molecule has 0 bridgehead atoms. The standard InChI is InChI=1S/C23H25N3O2/c1-17(2)28-22-11-9-20(10-12-22)25-21-13-19(14-24-15-21)23(27)26(3)16-18-7-5-4-6-8-18/h4-15,17,25H,16H2,1-3H3. The number of nitrogens with zero attached hydrogens (tertiary/aromatic N) is 2. The number of ether oxygens (including phenoxy) is 1. The molecule has 1 heterocycles. The Labute approximate surface area is 166 Å². The number of pyridine rings is 1. The molecule has 144 valence electrons. The van der Waals surface area contributed by atoms with Crippen LogP contribution in [0.25, 0.3) is 0 Å². The number of carbonyl (C=O) groups is 1. The zero-order valence-electron chi connectivity index (χ0n) is 16.4. The molecule has 0 spiro atoms. The number of hydrogen-bond donors (Lipinski definition) is 1. The summed E-state index contributed by atoms with van der Waals surface area (Å²) in [4.78, 5) is 18.6. The van der Waals surface area contributed by atoms with Crippen LogP contribution in [0.1, 0.15) is 29.8 Å². The van der Waals surface area contributed by atoms with Crippen LogP contribution in [0.2, 0.25) is 0 Å². The van der Waals surface area contributed by atoms with Gasteiger partial charge in [-0.2, -0.15) is 0 Å². The summed E-state index contributed by atoms with van der Waals surface area (Å²) in [6, 6.07) is 19.4. The van der Waals surface area contributed by atoms with Crippen LogP contribution in [0.5, 0.6) is 5.75 Å². The number of hydrogen-bond acceptors (Lipinski definition) is 4. The highest BCUT2D eigenvalue weighted by atomic mass is 16.5. The Morgan fingerprint density at radius 1 is 1.04 bits per heavy atom. The number of anilines is 2. The van der Waals surface area contributed by atoms with Crippen LogP contribution in [0.4, 0.5) is 11.4 Å². The van der Waals surface area contributed by atoms with Crippen LogP contribution in [-0.2, 0) is 6.54 Å². The molecular weight excluding hydrogens is 350 g/mol. The van der Waals surface area contributed by atoms with Crippen molar-refractivity contribution >= 4 is 17.3 Å². The molecular formula is C23H25N3O2. The first-order valence-electron chi connectivity index (χ1n) is 9.29. The van der Waals surface area contributed by atoms with E-state index in [1.165, 1.54) is 0 Å². The third kappa shape index (κ3) is 5.33. The summed E-state index contributed by atoms with van der Waals surface area (Å²) in [6.07, 6.45) is 3.43. The van der Waals surface area contributed by atoms with Gasteiger partial charge in [0.25, 0.3) is 5.91 Å². The lowest BCUT2D eigenvalue weighted by atomic mass is 10.2. The fourth-order valence-corrected chi connectivity index (χ4v) is 2.83. The summed E-state index contributed by atoms with van der Waals surface area (Å²) in [5.74, 6) is 0.755. The van der Waals surface area contributed by atoms with Gasteiger partial charge in [-0.1, -0.05) is 30.3 Å². The van der Waals surface area contributed by atoms with Crippen LogP contribution in [0.15, 0.2) is 73.1 Å². The quantitative estimate of drug-likeness (QED) is 0.639. The van der Waals surface area contributed by atoms with Crippen molar-refractivity contribution in [1.29, 1.82) is 0 Å². The minimum absolute atomic E-state index is 0.0688. The van der Waals surface area contributed by atoms with Gasteiger partial charge in [-0.15, -0.1) is 0 Å². The largest absolute Gasteiger partial charge is 0.491 e. The lowest BCUT2D eigenvalue weighted by molar-refractivity contribution is 0.0784. The van der Waals surface area contributed by atoms with E-state index in [-0.39, 0.29) is 12.0 Å². The normalized spacial score (nSPS) is 10.6. The Hall–Kier alpha value is -3.34. The Balaban J connectivity index is 1.67. The third-order valence-corrected chi connectivity index (χ3v) is 4.11. The van der Waals surface area contributed by atoms with Crippen molar-refractivity contribution in [3.8, 4) is 5.75 Å². The fraction of sp³-hybridized carbons (Fsp3) is 0.217. The lowest BCUT2D eigenvalue weighted by Crippen LogP contribution is -2.26. The monoisotopic (exact) mass is 375 g/mol. The molecule has 1 amide bonds. The van der Waals surface area contributed by atoms with Gasteiger partial charge in [0.2, 0.25) is 0 Å². The first-order valence-corrected chi connectivity index (χ1v) is 9.29. The van der Waals surface area contributed by atoms with E-state index < -0.39 is 0 Å². The molecule has 1 N–H and O–H groups in total. The second-order valence-corrected chi connectivity index (χ2v) is 6.93. The molecule has 0 saturated carbocycles. The number of amides is 1. The molecule has 5 heteroatoms. The van der Waals surface area contributed by atoms with Gasteiger partial charge in [0.15, 0.2) is 0 Å². The molecule has 28 heavy (non-hydrogen) atoms. The van der Waals surface area contributed by atoms with Gasteiger partial charge in [-0.05, 0) is 49.7 Å². The molecule has 0 aliphatic carbocycles. The van der Waals surface area contributed by atoms with E-state index >= 15 is 0 Å². The summed E-state index contributed by atoms with van der Waals surface area (Å²) in [5, 5.41) is 3.28. The van der Waals surface area contributed by atoms with Gasteiger partial charge in [0.05, 0.1) is 23.6 Å². The number of aromatic nitrogens is 1. The van der Waals surface area contributed by atoms with Gasteiger partial charge < -0.3 is 15.0 Å². The molecule has 0 atom stereocenters. The van der Waals surface area contributed by atoms with Crippen LogP contribution < -0.4 is 10.1 Å². The summed E-state index contributed by atoms with van der Waals surface area (Å²) in [7, 11) is 1.79. The van der Waals surface area contributed by atoms with Gasteiger partial charge in [0, 0.05) is 25.5 Å². The zero-order valence-corrected chi connectivity index (χ0v) is 16.4. The van der Waals surface area contributed by atoms with Crippen molar-refractivity contribution in [3.63, 3.8) is 0 Å². The minimum Gasteiger partial charge on any atom is -0.491 e. The van der Waals surface area contributed by atoms with E-state index in [9.17, 15) is 4.79 Å². The molecule has 2 aromatic carbocycles. The smallest absolute Gasteiger partial charge is 0.255 e. The number of rotatable bonds is 7.